The zero-order valence-electron chi connectivity index (χ0n) is 10.3. The minimum Gasteiger partial charge on any atom is -0.342 e. The second-order valence-corrected chi connectivity index (χ2v) is 4.78. The van der Waals surface area contributed by atoms with Gasteiger partial charge in [-0.1, -0.05) is 19.9 Å². The Morgan fingerprint density at radius 3 is 2.76 bits per heavy atom. The van der Waals surface area contributed by atoms with E-state index in [0.29, 0.717) is 5.92 Å². The van der Waals surface area contributed by atoms with Gasteiger partial charge in [0.15, 0.2) is 0 Å². The molecular formula is C14H15N3. The fraction of sp³-hybridized carbons (Fsp3) is 0.286. The maximum Gasteiger partial charge on any atom is 0.115 e. The van der Waals surface area contributed by atoms with Crippen LogP contribution in [0.15, 0.2) is 24.4 Å². The summed E-state index contributed by atoms with van der Waals surface area (Å²) in [7, 11) is 0. The summed E-state index contributed by atoms with van der Waals surface area (Å²) < 4.78 is 0. The van der Waals surface area contributed by atoms with Gasteiger partial charge in [-0.2, -0.15) is 0 Å². The van der Waals surface area contributed by atoms with E-state index in [4.69, 9.17) is 0 Å². The third-order valence-electron chi connectivity index (χ3n) is 3.11. The van der Waals surface area contributed by atoms with Crippen molar-refractivity contribution in [3.05, 3.63) is 35.8 Å². The van der Waals surface area contributed by atoms with Crippen molar-refractivity contribution in [3.63, 3.8) is 0 Å². The van der Waals surface area contributed by atoms with Gasteiger partial charge in [-0.15, -0.1) is 0 Å². The molecule has 0 aliphatic carbocycles. The molecule has 3 heteroatoms. The Bertz CT molecular complexity index is 695. The van der Waals surface area contributed by atoms with E-state index in [1.54, 1.807) is 0 Å². The monoisotopic (exact) mass is 225 g/mol. The van der Waals surface area contributed by atoms with Crippen LogP contribution in [0.2, 0.25) is 0 Å². The highest BCUT2D eigenvalue weighted by molar-refractivity contribution is 6.01. The molecule has 0 saturated heterocycles. The second kappa shape index (κ2) is 3.55. The summed E-state index contributed by atoms with van der Waals surface area (Å²) in [6.45, 7) is 6.33. The fourth-order valence-electron chi connectivity index (χ4n) is 2.12. The van der Waals surface area contributed by atoms with E-state index in [1.165, 1.54) is 5.56 Å². The second-order valence-electron chi connectivity index (χ2n) is 4.78. The Labute approximate surface area is 99.9 Å². The lowest BCUT2D eigenvalue weighted by Crippen LogP contribution is -1.90. The smallest absolute Gasteiger partial charge is 0.115 e. The normalized spacial score (nSPS) is 11.8. The first-order valence-corrected chi connectivity index (χ1v) is 5.90. The van der Waals surface area contributed by atoms with Crippen LogP contribution in [0, 0.1) is 6.92 Å². The van der Waals surface area contributed by atoms with E-state index in [-0.39, 0.29) is 0 Å². The number of nitrogens with zero attached hydrogens (tertiary/aromatic N) is 2. The summed E-state index contributed by atoms with van der Waals surface area (Å²) in [6.07, 6.45) is 1.95. The van der Waals surface area contributed by atoms with E-state index in [1.807, 2.05) is 13.1 Å². The quantitative estimate of drug-likeness (QED) is 0.688. The molecule has 2 heterocycles. The van der Waals surface area contributed by atoms with Crippen LogP contribution in [0.3, 0.4) is 0 Å². The van der Waals surface area contributed by atoms with Gasteiger partial charge in [-0.25, -0.2) is 4.98 Å². The molecule has 0 radical (unpaired) electrons. The molecule has 3 rings (SSSR count). The predicted octanol–water partition coefficient (Wildman–Crippen LogP) is 3.54. The number of aryl methyl sites for hydroxylation is 1. The molecule has 0 unspecified atom stereocenters. The van der Waals surface area contributed by atoms with Crippen molar-refractivity contribution >= 4 is 21.9 Å². The lowest BCUT2D eigenvalue weighted by Gasteiger charge is -2.06. The van der Waals surface area contributed by atoms with Crippen molar-refractivity contribution in [2.45, 2.75) is 26.7 Å². The lowest BCUT2D eigenvalue weighted by molar-refractivity contribution is 0.862. The van der Waals surface area contributed by atoms with Crippen LogP contribution in [0.1, 0.15) is 31.2 Å². The molecule has 0 saturated carbocycles. The van der Waals surface area contributed by atoms with E-state index < -0.39 is 0 Å². The number of hydrogen-bond acceptors (Lipinski definition) is 2. The summed E-state index contributed by atoms with van der Waals surface area (Å²) in [5.41, 5.74) is 4.27. The first kappa shape index (κ1) is 10.3. The molecule has 0 aliphatic heterocycles. The zero-order valence-corrected chi connectivity index (χ0v) is 10.3. The van der Waals surface area contributed by atoms with Crippen LogP contribution in [-0.4, -0.2) is 15.0 Å². The number of aromatic amines is 1. The number of aromatic nitrogens is 3. The van der Waals surface area contributed by atoms with Gasteiger partial charge in [-0.3, -0.25) is 4.98 Å². The topological polar surface area (TPSA) is 41.6 Å². The predicted molar refractivity (Wildman–Crippen MR) is 70.2 cm³/mol. The summed E-state index contributed by atoms with van der Waals surface area (Å²) in [5, 5.41) is 1.16. The first-order valence-electron chi connectivity index (χ1n) is 5.90. The van der Waals surface area contributed by atoms with Gasteiger partial charge >= 0.3 is 0 Å². The number of fused-ring (bicyclic) bond motifs is 3. The third-order valence-corrected chi connectivity index (χ3v) is 3.11. The highest BCUT2D eigenvalue weighted by Crippen LogP contribution is 2.24. The number of H-pyrrole nitrogens is 1. The Kier molecular flexibility index (Phi) is 2.15. The number of hydrogen-bond donors (Lipinski definition) is 1. The van der Waals surface area contributed by atoms with Gasteiger partial charge in [0.25, 0.3) is 0 Å². The standard InChI is InChI=1S/C14H15N3/c1-8(2)11-6-10-4-5-12-14(13(10)15-7-11)17-9(3)16-12/h4-8H,1-3H3,(H,16,17). The number of nitrogens with one attached hydrogen (secondary N) is 1. The molecule has 17 heavy (non-hydrogen) atoms. The molecule has 86 valence electrons. The molecule has 0 aliphatic rings. The van der Waals surface area contributed by atoms with Crippen molar-refractivity contribution in [2.75, 3.05) is 0 Å². The number of benzene rings is 1. The molecule has 0 amide bonds. The van der Waals surface area contributed by atoms with Crippen molar-refractivity contribution in [3.8, 4) is 0 Å². The minimum absolute atomic E-state index is 0.503. The van der Waals surface area contributed by atoms with Crippen molar-refractivity contribution in [2.24, 2.45) is 0 Å². The van der Waals surface area contributed by atoms with Gasteiger partial charge in [0, 0.05) is 11.6 Å². The van der Waals surface area contributed by atoms with Crippen LogP contribution in [0.5, 0.6) is 0 Å². The third kappa shape index (κ3) is 1.58. The lowest BCUT2D eigenvalue weighted by atomic mass is 10.0. The molecule has 0 fully saturated rings. The van der Waals surface area contributed by atoms with Gasteiger partial charge < -0.3 is 4.98 Å². The molecular weight excluding hydrogens is 210 g/mol. The van der Waals surface area contributed by atoms with Crippen molar-refractivity contribution < 1.29 is 0 Å². The van der Waals surface area contributed by atoms with Crippen molar-refractivity contribution in [1.29, 1.82) is 0 Å². The van der Waals surface area contributed by atoms with E-state index in [0.717, 1.165) is 27.8 Å². The molecule has 1 aromatic carbocycles. The number of imidazole rings is 1. The Morgan fingerprint density at radius 1 is 1.18 bits per heavy atom. The van der Waals surface area contributed by atoms with Gasteiger partial charge in [0.2, 0.25) is 0 Å². The van der Waals surface area contributed by atoms with Crippen molar-refractivity contribution in [1.82, 2.24) is 15.0 Å². The average Bonchev–Trinajstić information content (AvgIpc) is 2.69. The van der Waals surface area contributed by atoms with Gasteiger partial charge in [0.1, 0.15) is 11.3 Å². The maximum absolute atomic E-state index is 4.56. The fourth-order valence-corrected chi connectivity index (χ4v) is 2.12. The van der Waals surface area contributed by atoms with E-state index >= 15 is 0 Å². The molecule has 2 aromatic heterocycles. The summed E-state index contributed by atoms with van der Waals surface area (Å²) in [4.78, 5) is 12.3. The zero-order chi connectivity index (χ0) is 12.0. The number of pyridine rings is 1. The molecule has 3 nitrogen and oxygen atoms in total. The number of rotatable bonds is 1. The summed E-state index contributed by atoms with van der Waals surface area (Å²) in [5.74, 6) is 1.44. The Balaban J connectivity index is 2.36. The highest BCUT2D eigenvalue weighted by Gasteiger charge is 2.07. The van der Waals surface area contributed by atoms with Crippen LogP contribution < -0.4 is 0 Å². The van der Waals surface area contributed by atoms with E-state index in [9.17, 15) is 0 Å². The Morgan fingerprint density at radius 2 is 2.00 bits per heavy atom. The molecule has 3 aromatic rings. The highest BCUT2D eigenvalue weighted by atomic mass is 14.9. The summed E-state index contributed by atoms with van der Waals surface area (Å²) in [6, 6.07) is 6.38. The largest absolute Gasteiger partial charge is 0.342 e. The molecule has 1 N–H and O–H groups in total. The Hall–Kier alpha value is -1.90. The molecule has 0 bridgehead atoms. The van der Waals surface area contributed by atoms with E-state index in [2.05, 4.69) is 47.0 Å². The van der Waals surface area contributed by atoms with Crippen LogP contribution in [0.25, 0.3) is 21.9 Å². The molecule has 0 spiro atoms. The SMILES string of the molecule is Cc1nc2c(ccc3cc(C(C)C)cnc32)[nH]1. The van der Waals surface area contributed by atoms with Gasteiger partial charge in [-0.05, 0) is 30.5 Å². The van der Waals surface area contributed by atoms with Crippen LogP contribution in [0.4, 0.5) is 0 Å². The maximum atomic E-state index is 4.56. The minimum atomic E-state index is 0.503. The molecule has 0 atom stereocenters. The summed E-state index contributed by atoms with van der Waals surface area (Å²) >= 11 is 0. The first-order chi connectivity index (χ1) is 8.15. The van der Waals surface area contributed by atoms with Gasteiger partial charge in [0.05, 0.1) is 11.0 Å². The van der Waals surface area contributed by atoms with Crippen LogP contribution in [-0.2, 0) is 0 Å². The average molecular weight is 225 g/mol. The van der Waals surface area contributed by atoms with Crippen LogP contribution >= 0.6 is 0 Å².